The topological polar surface area (TPSA) is 97.1 Å². The van der Waals surface area contributed by atoms with Gasteiger partial charge >= 0.3 is 0 Å². The van der Waals surface area contributed by atoms with Gasteiger partial charge < -0.3 is 30.3 Å². The summed E-state index contributed by atoms with van der Waals surface area (Å²) >= 11 is 3.39. The van der Waals surface area contributed by atoms with Crippen LogP contribution in [0.1, 0.15) is 42.5 Å². The van der Waals surface area contributed by atoms with Crippen LogP contribution in [0.15, 0.2) is 16.6 Å². The number of carbonyl (C=O) groups excluding carboxylic acids is 2. The number of methoxy groups -OCH3 is 2. The number of nitrogens with one attached hydrogen (secondary N) is 1. The summed E-state index contributed by atoms with van der Waals surface area (Å²) in [6.45, 7) is 5.20. The first-order valence-corrected chi connectivity index (χ1v) is 12.1. The van der Waals surface area contributed by atoms with Crippen LogP contribution in [0.25, 0.3) is 0 Å². The highest BCUT2D eigenvalue weighted by atomic mass is 79.9. The minimum absolute atomic E-state index is 0.133. The molecule has 32 heavy (non-hydrogen) atoms. The SMILES string of the molecule is COCCC(=O)N1CCC(CN2CCC(NC(=O)c3cc(Br)c(N)cc3OC)CC2)CC1. The number of anilines is 1. The molecule has 9 heteroatoms. The molecular formula is C23H35BrN4O4. The van der Waals surface area contributed by atoms with E-state index < -0.39 is 0 Å². The van der Waals surface area contributed by atoms with Crippen molar-refractivity contribution in [2.75, 3.05) is 59.3 Å². The predicted molar refractivity (Wildman–Crippen MR) is 128 cm³/mol. The Morgan fingerprint density at radius 2 is 1.81 bits per heavy atom. The fraction of sp³-hybridized carbons (Fsp3) is 0.652. The van der Waals surface area contributed by atoms with Gasteiger partial charge in [0.25, 0.3) is 5.91 Å². The average Bonchev–Trinajstić information content (AvgIpc) is 2.80. The number of hydrogen-bond donors (Lipinski definition) is 2. The van der Waals surface area contributed by atoms with E-state index in [2.05, 4.69) is 26.1 Å². The van der Waals surface area contributed by atoms with Crippen molar-refractivity contribution in [1.29, 1.82) is 0 Å². The Kier molecular flexibility index (Phi) is 9.19. The molecule has 3 rings (SSSR count). The standard InChI is InChI=1S/C23H35BrN4O4/c1-31-12-7-22(29)28-10-3-16(4-11-28)15-27-8-5-17(6-9-27)26-23(30)18-13-19(24)20(25)14-21(18)32-2/h13-14,16-17H,3-12,15,25H2,1-2H3,(H,26,30). The number of benzene rings is 1. The summed E-state index contributed by atoms with van der Waals surface area (Å²) in [6.07, 6.45) is 4.44. The van der Waals surface area contributed by atoms with Crippen LogP contribution >= 0.6 is 15.9 Å². The zero-order valence-electron chi connectivity index (χ0n) is 19.1. The lowest BCUT2D eigenvalue weighted by Crippen LogP contribution is -2.47. The second-order valence-electron chi connectivity index (χ2n) is 8.69. The van der Waals surface area contributed by atoms with Crippen LogP contribution in [0.2, 0.25) is 0 Å². The molecule has 0 bridgehead atoms. The number of ether oxygens (including phenoxy) is 2. The fourth-order valence-corrected chi connectivity index (χ4v) is 4.86. The first-order valence-electron chi connectivity index (χ1n) is 11.3. The molecule has 2 fully saturated rings. The number of piperidine rings is 2. The summed E-state index contributed by atoms with van der Waals surface area (Å²) in [4.78, 5) is 29.4. The lowest BCUT2D eigenvalue weighted by molar-refractivity contribution is -0.133. The molecule has 0 aromatic heterocycles. The van der Waals surface area contributed by atoms with E-state index in [4.69, 9.17) is 15.2 Å². The normalized spacial score (nSPS) is 18.5. The molecule has 2 aliphatic rings. The van der Waals surface area contributed by atoms with Crippen LogP contribution in [0.3, 0.4) is 0 Å². The summed E-state index contributed by atoms with van der Waals surface area (Å²) in [6, 6.07) is 3.53. The van der Waals surface area contributed by atoms with Gasteiger partial charge in [-0.2, -0.15) is 0 Å². The van der Waals surface area contributed by atoms with Gasteiger partial charge in [0.2, 0.25) is 5.91 Å². The molecule has 2 saturated heterocycles. The molecule has 0 saturated carbocycles. The van der Waals surface area contributed by atoms with Crippen molar-refractivity contribution in [3.63, 3.8) is 0 Å². The highest BCUT2D eigenvalue weighted by molar-refractivity contribution is 9.10. The fourth-order valence-electron chi connectivity index (χ4n) is 4.52. The zero-order valence-corrected chi connectivity index (χ0v) is 20.7. The van der Waals surface area contributed by atoms with Crippen molar-refractivity contribution < 1.29 is 19.1 Å². The number of halogens is 1. The third-order valence-corrected chi connectivity index (χ3v) is 7.18. The van der Waals surface area contributed by atoms with E-state index in [9.17, 15) is 9.59 Å². The molecule has 2 aliphatic heterocycles. The molecule has 0 spiro atoms. The lowest BCUT2D eigenvalue weighted by atomic mass is 9.94. The highest BCUT2D eigenvalue weighted by Gasteiger charge is 2.27. The third kappa shape index (κ3) is 6.59. The average molecular weight is 511 g/mol. The Morgan fingerprint density at radius 3 is 2.44 bits per heavy atom. The summed E-state index contributed by atoms with van der Waals surface area (Å²) in [5.41, 5.74) is 6.92. The van der Waals surface area contributed by atoms with Gasteiger partial charge in [-0.3, -0.25) is 9.59 Å². The molecule has 2 heterocycles. The molecule has 0 atom stereocenters. The molecule has 0 unspecified atom stereocenters. The van der Waals surface area contributed by atoms with E-state index in [1.807, 2.05) is 4.90 Å². The zero-order chi connectivity index (χ0) is 23.1. The highest BCUT2D eigenvalue weighted by Crippen LogP contribution is 2.29. The van der Waals surface area contributed by atoms with Gasteiger partial charge in [0, 0.05) is 62.1 Å². The lowest BCUT2D eigenvalue weighted by Gasteiger charge is -2.38. The van der Waals surface area contributed by atoms with E-state index in [0.29, 0.717) is 40.4 Å². The van der Waals surface area contributed by atoms with Crippen LogP contribution in [-0.2, 0) is 9.53 Å². The first kappa shape index (κ1) is 24.8. The van der Waals surface area contributed by atoms with Crippen LogP contribution < -0.4 is 15.8 Å². The Bertz CT molecular complexity index is 790. The van der Waals surface area contributed by atoms with Crippen molar-refractivity contribution in [2.45, 2.75) is 38.1 Å². The molecule has 8 nitrogen and oxygen atoms in total. The van der Waals surface area contributed by atoms with Crippen molar-refractivity contribution >= 4 is 33.4 Å². The van der Waals surface area contributed by atoms with E-state index in [1.165, 1.54) is 7.11 Å². The number of likely N-dealkylation sites (tertiary alicyclic amines) is 2. The summed E-state index contributed by atoms with van der Waals surface area (Å²) in [5, 5.41) is 3.15. The van der Waals surface area contributed by atoms with Crippen LogP contribution in [0, 0.1) is 5.92 Å². The van der Waals surface area contributed by atoms with Gasteiger partial charge in [-0.15, -0.1) is 0 Å². The quantitative estimate of drug-likeness (QED) is 0.521. The monoisotopic (exact) mass is 510 g/mol. The molecule has 3 N–H and O–H groups in total. The Balaban J connectivity index is 1.41. The van der Waals surface area contributed by atoms with Crippen LogP contribution in [-0.4, -0.2) is 81.2 Å². The van der Waals surface area contributed by atoms with Gasteiger partial charge in [-0.05, 0) is 53.6 Å². The van der Waals surface area contributed by atoms with Gasteiger partial charge in [-0.1, -0.05) is 0 Å². The minimum atomic E-state index is -0.133. The van der Waals surface area contributed by atoms with Crippen molar-refractivity contribution in [1.82, 2.24) is 15.1 Å². The second kappa shape index (κ2) is 11.9. The number of carbonyl (C=O) groups is 2. The Morgan fingerprint density at radius 1 is 1.12 bits per heavy atom. The molecule has 178 valence electrons. The summed E-state index contributed by atoms with van der Waals surface area (Å²) in [7, 11) is 3.17. The van der Waals surface area contributed by atoms with Crippen LogP contribution in [0.4, 0.5) is 5.69 Å². The van der Waals surface area contributed by atoms with E-state index >= 15 is 0 Å². The Hall–Kier alpha value is -1.84. The van der Waals surface area contributed by atoms with E-state index in [1.54, 1.807) is 19.2 Å². The van der Waals surface area contributed by atoms with E-state index in [0.717, 1.165) is 58.4 Å². The summed E-state index contributed by atoms with van der Waals surface area (Å²) < 4.78 is 11.0. The molecule has 0 aliphatic carbocycles. The molecule has 2 amide bonds. The Labute approximate surface area is 198 Å². The number of hydrogen-bond acceptors (Lipinski definition) is 6. The molecule has 0 radical (unpaired) electrons. The number of nitrogens with two attached hydrogens (primary N) is 1. The molecule has 1 aromatic rings. The molecule has 1 aromatic carbocycles. The number of nitrogens with zero attached hydrogens (tertiary/aromatic N) is 2. The predicted octanol–water partition coefficient (Wildman–Crippen LogP) is 2.51. The maximum Gasteiger partial charge on any atom is 0.255 e. The van der Waals surface area contributed by atoms with Crippen LogP contribution in [0.5, 0.6) is 5.75 Å². The maximum absolute atomic E-state index is 12.8. The third-order valence-electron chi connectivity index (χ3n) is 6.49. The number of nitrogen functional groups attached to an aromatic ring is 1. The van der Waals surface area contributed by atoms with Crippen molar-refractivity contribution in [2.24, 2.45) is 5.92 Å². The van der Waals surface area contributed by atoms with Crippen molar-refractivity contribution in [3.8, 4) is 5.75 Å². The van der Waals surface area contributed by atoms with Crippen molar-refractivity contribution in [3.05, 3.63) is 22.2 Å². The van der Waals surface area contributed by atoms with E-state index in [-0.39, 0.29) is 17.9 Å². The summed E-state index contributed by atoms with van der Waals surface area (Å²) in [5.74, 6) is 1.18. The van der Waals surface area contributed by atoms with Gasteiger partial charge in [0.15, 0.2) is 0 Å². The smallest absolute Gasteiger partial charge is 0.255 e. The second-order valence-corrected chi connectivity index (χ2v) is 9.54. The number of amides is 2. The first-order chi connectivity index (χ1) is 15.4. The van der Waals surface area contributed by atoms with Gasteiger partial charge in [0.05, 0.1) is 25.7 Å². The number of rotatable bonds is 8. The molecular weight excluding hydrogens is 476 g/mol. The van der Waals surface area contributed by atoms with Gasteiger partial charge in [-0.25, -0.2) is 0 Å². The maximum atomic E-state index is 12.8. The largest absolute Gasteiger partial charge is 0.496 e. The van der Waals surface area contributed by atoms with Gasteiger partial charge in [0.1, 0.15) is 5.75 Å². The minimum Gasteiger partial charge on any atom is -0.496 e.